The maximum atomic E-state index is 13.6. The first-order valence-electron chi connectivity index (χ1n) is 11.1. The van der Waals surface area contributed by atoms with Crippen molar-refractivity contribution in [1.82, 2.24) is 5.09 Å². The molecular formula is C23H31ClN2O7P+. The highest BCUT2D eigenvalue weighted by molar-refractivity contribution is 7.52. The van der Waals surface area contributed by atoms with E-state index in [4.69, 9.17) is 25.4 Å². The summed E-state index contributed by atoms with van der Waals surface area (Å²) in [5.41, 5.74) is 0.215. The Morgan fingerprint density at radius 3 is 2.12 bits per heavy atom. The molecule has 2 atom stereocenters. The van der Waals surface area contributed by atoms with Crippen LogP contribution in [0.4, 0.5) is 5.69 Å². The van der Waals surface area contributed by atoms with Crippen LogP contribution in [-0.4, -0.2) is 30.7 Å². The molecule has 0 heterocycles. The maximum absolute atomic E-state index is 13.6. The van der Waals surface area contributed by atoms with Crippen LogP contribution < -0.4 is 14.1 Å². The van der Waals surface area contributed by atoms with Gasteiger partial charge in [-0.15, -0.1) is 0 Å². The van der Waals surface area contributed by atoms with Crippen LogP contribution in [0.1, 0.15) is 46.0 Å². The quantitative estimate of drug-likeness (QED) is 0.127. The summed E-state index contributed by atoms with van der Waals surface area (Å²) in [7, 11) is -2.87. The van der Waals surface area contributed by atoms with Crippen molar-refractivity contribution in [3.63, 3.8) is 0 Å². The Morgan fingerprint density at radius 2 is 1.56 bits per heavy atom. The zero-order valence-corrected chi connectivity index (χ0v) is 21.2. The van der Waals surface area contributed by atoms with Gasteiger partial charge in [-0.2, -0.15) is 5.09 Å². The lowest BCUT2D eigenvalue weighted by molar-refractivity contribution is -0.736. The molecule has 0 aliphatic heterocycles. The molecule has 34 heavy (non-hydrogen) atoms. The molecule has 2 unspecified atom stereocenters. The lowest BCUT2D eigenvalue weighted by atomic mass is 10.2. The fourth-order valence-corrected chi connectivity index (χ4v) is 4.52. The van der Waals surface area contributed by atoms with Crippen molar-refractivity contribution in [2.75, 3.05) is 13.7 Å². The third-order valence-electron chi connectivity index (χ3n) is 4.68. The fraction of sp³-hybridized carbons (Fsp3) is 0.435. The van der Waals surface area contributed by atoms with Crippen molar-refractivity contribution in [3.8, 4) is 11.5 Å². The highest BCUT2D eigenvalue weighted by Gasteiger charge is 2.34. The molecule has 0 amide bonds. The number of unbranched alkanes of at least 4 members (excludes halogenated alkanes) is 4. The zero-order valence-electron chi connectivity index (χ0n) is 19.6. The molecule has 9 nitrogen and oxygen atoms in total. The summed E-state index contributed by atoms with van der Waals surface area (Å²) in [4.78, 5) is 28.9. The number of halogens is 1. The molecule has 0 aliphatic rings. The first-order chi connectivity index (χ1) is 16.3. The minimum absolute atomic E-state index is 0.148. The van der Waals surface area contributed by atoms with Gasteiger partial charge in [0.2, 0.25) is 0 Å². The van der Waals surface area contributed by atoms with Crippen LogP contribution in [0.15, 0.2) is 48.5 Å². The van der Waals surface area contributed by atoms with Crippen molar-refractivity contribution in [2.24, 2.45) is 0 Å². The van der Waals surface area contributed by atoms with Gasteiger partial charge in [-0.1, -0.05) is 44.2 Å². The average molecular weight is 514 g/mol. The molecule has 2 aromatic rings. The normalized spacial score (nSPS) is 13.4. The van der Waals surface area contributed by atoms with E-state index in [-0.39, 0.29) is 23.8 Å². The Morgan fingerprint density at radius 1 is 1.00 bits per heavy atom. The third-order valence-corrected chi connectivity index (χ3v) is 6.53. The Labute approximate surface area is 204 Å². The molecule has 0 saturated heterocycles. The molecule has 0 aromatic heterocycles. The summed E-state index contributed by atoms with van der Waals surface area (Å²) in [5.74, 6) is -0.204. The number of nitrogens with zero attached hydrogens (tertiary/aromatic N) is 1. The fourth-order valence-electron chi connectivity index (χ4n) is 2.87. The van der Waals surface area contributed by atoms with E-state index in [1.54, 1.807) is 12.1 Å². The van der Waals surface area contributed by atoms with E-state index in [1.165, 1.54) is 50.4 Å². The highest BCUT2D eigenvalue weighted by Crippen LogP contribution is 2.45. The summed E-state index contributed by atoms with van der Waals surface area (Å²) >= 11 is 5.91. The van der Waals surface area contributed by atoms with Crippen LogP contribution >= 0.6 is 19.3 Å². The zero-order chi connectivity index (χ0) is 25.0. The Bertz CT molecular complexity index is 970. The van der Waals surface area contributed by atoms with E-state index in [2.05, 4.69) is 16.8 Å². The van der Waals surface area contributed by atoms with Crippen LogP contribution in [-0.2, 0) is 18.9 Å². The van der Waals surface area contributed by atoms with E-state index in [0.717, 1.165) is 32.1 Å². The summed E-state index contributed by atoms with van der Waals surface area (Å²) in [6.45, 7) is 3.92. The number of carbonyl (C=O) groups is 1. The summed E-state index contributed by atoms with van der Waals surface area (Å²) < 4.78 is 30.1. The topological polar surface area (TPSA) is 103 Å². The van der Waals surface area contributed by atoms with Gasteiger partial charge >= 0.3 is 19.4 Å². The first kappa shape index (κ1) is 27.6. The third kappa shape index (κ3) is 9.33. The van der Waals surface area contributed by atoms with Gasteiger partial charge in [-0.25, -0.2) is 9.40 Å². The van der Waals surface area contributed by atoms with Gasteiger partial charge < -0.3 is 13.8 Å². The Kier molecular flexibility index (Phi) is 11.3. The van der Waals surface area contributed by atoms with Gasteiger partial charge in [0.25, 0.3) is 4.92 Å². The second-order valence-electron chi connectivity index (χ2n) is 7.50. The number of esters is 1. The standard InChI is InChI=1S/C23H31ClN2O7P/c1-4-5-6-7-8-17-31-23(27)18(2)25-34(29,32-21-13-9-19(24)10-14-21)33-22-15-11-20(12-16-22)26(28)30-3/h9-16,18H,4-8,17H2,1-3H3,(H,25,29)/q+1. The van der Waals surface area contributed by atoms with E-state index < -0.39 is 19.8 Å². The highest BCUT2D eigenvalue weighted by atomic mass is 35.5. The van der Waals surface area contributed by atoms with Gasteiger partial charge in [0, 0.05) is 17.2 Å². The molecule has 0 fully saturated rings. The van der Waals surface area contributed by atoms with Gasteiger partial charge in [0.15, 0.2) is 7.11 Å². The predicted molar refractivity (Wildman–Crippen MR) is 129 cm³/mol. The van der Waals surface area contributed by atoms with Gasteiger partial charge in [0.05, 0.1) is 11.5 Å². The van der Waals surface area contributed by atoms with Crippen LogP contribution in [0.3, 0.4) is 0 Å². The van der Waals surface area contributed by atoms with Gasteiger partial charge in [0.1, 0.15) is 17.5 Å². The Hall–Kier alpha value is -2.61. The molecular weight excluding hydrogens is 483 g/mol. The van der Waals surface area contributed by atoms with Crippen molar-refractivity contribution < 1.29 is 32.9 Å². The van der Waals surface area contributed by atoms with Crippen LogP contribution in [0.2, 0.25) is 5.02 Å². The minimum atomic E-state index is -4.10. The smallest absolute Gasteiger partial charge is 0.465 e. The first-order valence-corrected chi connectivity index (χ1v) is 13.0. The largest absolute Gasteiger partial charge is 0.513 e. The predicted octanol–water partition coefficient (Wildman–Crippen LogP) is 6.37. The number of rotatable bonds is 15. The second kappa shape index (κ2) is 13.9. The van der Waals surface area contributed by atoms with Crippen LogP contribution in [0.5, 0.6) is 11.5 Å². The van der Waals surface area contributed by atoms with E-state index >= 15 is 0 Å². The number of hydrogen-bond donors (Lipinski definition) is 1. The van der Waals surface area contributed by atoms with Crippen molar-refractivity contribution >= 4 is 31.0 Å². The van der Waals surface area contributed by atoms with E-state index in [0.29, 0.717) is 9.95 Å². The molecule has 1 N–H and O–H groups in total. The minimum Gasteiger partial charge on any atom is -0.465 e. The number of carbonyl (C=O) groups excluding carboxylic acids is 1. The van der Waals surface area contributed by atoms with E-state index in [9.17, 15) is 14.3 Å². The molecule has 2 rings (SSSR count). The average Bonchev–Trinajstić information content (AvgIpc) is 2.82. The molecule has 0 saturated carbocycles. The molecule has 186 valence electrons. The summed E-state index contributed by atoms with van der Waals surface area (Å²) in [6.07, 6.45) is 5.11. The van der Waals surface area contributed by atoms with Gasteiger partial charge in [-0.05, 0) is 49.7 Å². The van der Waals surface area contributed by atoms with E-state index in [1.807, 2.05) is 0 Å². The molecule has 0 aliphatic carbocycles. The molecule has 0 bridgehead atoms. The number of ether oxygens (including phenoxy) is 1. The number of hydrogen-bond acceptors (Lipinski definition) is 7. The number of benzene rings is 2. The van der Waals surface area contributed by atoms with Crippen molar-refractivity contribution in [1.29, 1.82) is 0 Å². The summed E-state index contributed by atoms with van der Waals surface area (Å²) in [6, 6.07) is 10.9. The van der Waals surface area contributed by atoms with Crippen LogP contribution in [0.25, 0.3) is 0 Å². The van der Waals surface area contributed by atoms with Crippen molar-refractivity contribution in [2.45, 2.75) is 52.0 Å². The molecule has 0 spiro atoms. The van der Waals surface area contributed by atoms with Crippen molar-refractivity contribution in [3.05, 3.63) is 58.5 Å². The molecule has 11 heteroatoms. The lowest BCUT2D eigenvalue weighted by Crippen LogP contribution is -2.36. The lowest BCUT2D eigenvalue weighted by Gasteiger charge is -2.23. The number of nitrogens with one attached hydrogen (secondary N) is 1. The monoisotopic (exact) mass is 513 g/mol. The Balaban J connectivity index is 2.08. The SMILES string of the molecule is CCCCCCCOC(=O)C(C)NP(=O)(Oc1ccc(Cl)cc1)Oc1ccc([N+](=O)OC)cc1. The second-order valence-corrected chi connectivity index (χ2v) is 9.55. The molecule has 2 aromatic carbocycles. The maximum Gasteiger partial charge on any atom is 0.513 e. The summed E-state index contributed by atoms with van der Waals surface area (Å²) in [5, 5.41) is 3.10. The molecule has 0 radical (unpaired) electrons. The van der Waals surface area contributed by atoms with Gasteiger partial charge in [-0.3, -0.25) is 4.79 Å². The van der Waals surface area contributed by atoms with Crippen LogP contribution in [0, 0.1) is 4.91 Å².